The number of carbonyl (C=O) groups excluding carboxylic acids is 1. The summed E-state index contributed by atoms with van der Waals surface area (Å²) in [7, 11) is 0. The normalized spacial score (nSPS) is 10.9. The summed E-state index contributed by atoms with van der Waals surface area (Å²) in [4.78, 5) is 29.1. The lowest BCUT2D eigenvalue weighted by molar-refractivity contribution is -0.121. The molecule has 0 atom stereocenters. The van der Waals surface area contributed by atoms with E-state index in [0.717, 1.165) is 17.5 Å². The smallest absolute Gasteiger partial charge is 0.283 e. The van der Waals surface area contributed by atoms with Gasteiger partial charge in [-0.15, -0.1) is 5.10 Å². The van der Waals surface area contributed by atoms with E-state index in [4.69, 9.17) is 0 Å². The molecule has 8 nitrogen and oxygen atoms in total. The lowest BCUT2D eigenvalue weighted by Crippen LogP contribution is -2.33. The van der Waals surface area contributed by atoms with E-state index < -0.39 is 0 Å². The van der Waals surface area contributed by atoms with Crippen molar-refractivity contribution in [2.24, 2.45) is 0 Å². The molecule has 0 fully saturated rings. The highest BCUT2D eigenvalue weighted by atomic mass is 16.2. The molecule has 0 bridgehead atoms. The van der Waals surface area contributed by atoms with Crippen LogP contribution in [0.3, 0.4) is 0 Å². The fraction of sp³-hybridized carbons (Fsp3) is 0.190. The maximum absolute atomic E-state index is 12.7. The average Bonchev–Trinajstić information content (AvgIpc) is 3.15. The minimum atomic E-state index is -0.382. The molecule has 0 saturated heterocycles. The van der Waals surface area contributed by atoms with Crippen molar-refractivity contribution in [2.75, 3.05) is 6.54 Å². The molecule has 2 aromatic heterocycles. The molecule has 4 rings (SSSR count). The standard InChI is InChI=1S/C21H20N6O2/c28-18(22-12-11-16-7-3-1-4-8-16)14-26-15-23-20-19(21(26)29)24-25-27(20)13-17-9-5-2-6-10-17/h1-10,15H,11-14H2,(H,22,28). The van der Waals surface area contributed by atoms with Crippen LogP contribution >= 0.6 is 0 Å². The lowest BCUT2D eigenvalue weighted by Gasteiger charge is -2.07. The van der Waals surface area contributed by atoms with Crippen LogP contribution in [-0.2, 0) is 24.3 Å². The van der Waals surface area contributed by atoms with Crippen LogP contribution in [0, 0.1) is 0 Å². The number of rotatable bonds is 7. The Balaban J connectivity index is 1.42. The predicted octanol–water partition coefficient (Wildman–Crippen LogP) is 1.40. The van der Waals surface area contributed by atoms with Crippen LogP contribution in [0.2, 0.25) is 0 Å². The van der Waals surface area contributed by atoms with E-state index in [-0.39, 0.29) is 23.5 Å². The molecule has 0 spiro atoms. The van der Waals surface area contributed by atoms with Gasteiger partial charge >= 0.3 is 0 Å². The highest BCUT2D eigenvalue weighted by Gasteiger charge is 2.14. The molecule has 0 aliphatic heterocycles. The molecule has 146 valence electrons. The summed E-state index contributed by atoms with van der Waals surface area (Å²) in [5.74, 6) is -0.249. The first-order chi connectivity index (χ1) is 14.2. The number of hydrogen-bond acceptors (Lipinski definition) is 5. The molecule has 2 aromatic carbocycles. The highest BCUT2D eigenvalue weighted by molar-refractivity contribution is 5.76. The first-order valence-corrected chi connectivity index (χ1v) is 9.34. The molecule has 0 unspecified atom stereocenters. The van der Waals surface area contributed by atoms with Gasteiger partial charge in [-0.1, -0.05) is 65.9 Å². The molecule has 1 N–H and O–H groups in total. The number of nitrogens with zero attached hydrogens (tertiary/aromatic N) is 5. The summed E-state index contributed by atoms with van der Waals surface area (Å²) in [5, 5.41) is 10.8. The Labute approximate surface area is 166 Å². The third-order valence-corrected chi connectivity index (χ3v) is 4.56. The largest absolute Gasteiger partial charge is 0.354 e. The third-order valence-electron chi connectivity index (χ3n) is 4.56. The van der Waals surface area contributed by atoms with Gasteiger partial charge < -0.3 is 5.32 Å². The Morgan fingerprint density at radius 2 is 1.66 bits per heavy atom. The minimum Gasteiger partial charge on any atom is -0.354 e. The number of aromatic nitrogens is 5. The zero-order valence-corrected chi connectivity index (χ0v) is 15.7. The van der Waals surface area contributed by atoms with Crippen LogP contribution in [0.4, 0.5) is 0 Å². The van der Waals surface area contributed by atoms with Gasteiger partial charge in [0.05, 0.1) is 6.54 Å². The molecule has 29 heavy (non-hydrogen) atoms. The fourth-order valence-corrected chi connectivity index (χ4v) is 3.06. The van der Waals surface area contributed by atoms with Gasteiger partial charge in [-0.3, -0.25) is 14.2 Å². The molecule has 0 saturated carbocycles. The van der Waals surface area contributed by atoms with Crippen molar-refractivity contribution in [1.29, 1.82) is 0 Å². The quantitative estimate of drug-likeness (QED) is 0.516. The first-order valence-electron chi connectivity index (χ1n) is 9.34. The predicted molar refractivity (Wildman–Crippen MR) is 108 cm³/mol. The molecule has 0 radical (unpaired) electrons. The topological polar surface area (TPSA) is 94.7 Å². The molecule has 0 aliphatic rings. The van der Waals surface area contributed by atoms with Gasteiger partial charge in [0, 0.05) is 6.54 Å². The van der Waals surface area contributed by atoms with Crippen molar-refractivity contribution in [2.45, 2.75) is 19.5 Å². The SMILES string of the molecule is O=C(Cn1cnc2c(nnn2Cc2ccccc2)c1=O)NCCc1ccccc1. The number of hydrogen-bond donors (Lipinski definition) is 1. The molecule has 4 aromatic rings. The van der Waals surface area contributed by atoms with Crippen LogP contribution in [0.5, 0.6) is 0 Å². The van der Waals surface area contributed by atoms with Crippen LogP contribution in [0.15, 0.2) is 71.8 Å². The van der Waals surface area contributed by atoms with E-state index in [1.54, 1.807) is 4.68 Å². The number of amides is 1. The van der Waals surface area contributed by atoms with Gasteiger partial charge in [0.1, 0.15) is 12.9 Å². The Morgan fingerprint density at radius 3 is 2.38 bits per heavy atom. The van der Waals surface area contributed by atoms with Crippen molar-refractivity contribution >= 4 is 17.1 Å². The molecular formula is C21H20N6O2. The monoisotopic (exact) mass is 388 g/mol. The van der Waals surface area contributed by atoms with Crippen molar-refractivity contribution in [1.82, 2.24) is 29.9 Å². The second-order valence-electron chi connectivity index (χ2n) is 6.67. The molecular weight excluding hydrogens is 368 g/mol. The lowest BCUT2D eigenvalue weighted by atomic mass is 10.1. The molecule has 1 amide bonds. The first kappa shape index (κ1) is 18.5. The Kier molecular flexibility index (Phi) is 5.42. The summed E-state index contributed by atoms with van der Waals surface area (Å²) in [5.41, 5.74) is 2.35. The Bertz CT molecular complexity index is 1170. The number of fused-ring (bicyclic) bond motifs is 1. The van der Waals surface area contributed by atoms with Crippen LogP contribution < -0.4 is 10.9 Å². The van der Waals surface area contributed by atoms with Crippen LogP contribution in [0.1, 0.15) is 11.1 Å². The Hall–Kier alpha value is -3.81. The molecule has 8 heteroatoms. The summed E-state index contributed by atoms with van der Waals surface area (Å²) in [6.07, 6.45) is 2.10. The van der Waals surface area contributed by atoms with Gasteiger partial charge in [0.2, 0.25) is 5.91 Å². The second kappa shape index (κ2) is 8.47. The van der Waals surface area contributed by atoms with Crippen molar-refractivity contribution in [3.05, 3.63) is 88.5 Å². The van der Waals surface area contributed by atoms with E-state index in [0.29, 0.717) is 18.7 Å². The summed E-state index contributed by atoms with van der Waals surface area (Å²) < 4.78 is 2.83. The summed E-state index contributed by atoms with van der Waals surface area (Å²) in [6.45, 7) is 0.858. The van der Waals surface area contributed by atoms with Crippen molar-refractivity contribution in [3.63, 3.8) is 0 Å². The summed E-state index contributed by atoms with van der Waals surface area (Å²) in [6, 6.07) is 19.6. The maximum atomic E-state index is 12.7. The zero-order chi connectivity index (χ0) is 20.1. The second-order valence-corrected chi connectivity index (χ2v) is 6.67. The number of benzene rings is 2. The van der Waals surface area contributed by atoms with E-state index in [1.807, 2.05) is 60.7 Å². The minimum absolute atomic E-state index is 0.109. The number of nitrogens with one attached hydrogen (secondary N) is 1. The van der Waals surface area contributed by atoms with Crippen molar-refractivity contribution < 1.29 is 4.79 Å². The van der Waals surface area contributed by atoms with E-state index in [2.05, 4.69) is 20.6 Å². The van der Waals surface area contributed by atoms with Gasteiger partial charge in [-0.25, -0.2) is 9.67 Å². The van der Waals surface area contributed by atoms with Gasteiger partial charge in [-0.05, 0) is 17.5 Å². The zero-order valence-electron chi connectivity index (χ0n) is 15.7. The van der Waals surface area contributed by atoms with Crippen molar-refractivity contribution in [3.8, 4) is 0 Å². The fourth-order valence-electron chi connectivity index (χ4n) is 3.06. The van der Waals surface area contributed by atoms with Gasteiger partial charge in [0.15, 0.2) is 11.2 Å². The van der Waals surface area contributed by atoms with Gasteiger partial charge in [-0.2, -0.15) is 0 Å². The van der Waals surface area contributed by atoms with E-state index in [9.17, 15) is 9.59 Å². The average molecular weight is 388 g/mol. The van der Waals surface area contributed by atoms with E-state index >= 15 is 0 Å². The summed E-state index contributed by atoms with van der Waals surface area (Å²) >= 11 is 0. The highest BCUT2D eigenvalue weighted by Crippen LogP contribution is 2.07. The maximum Gasteiger partial charge on any atom is 0.283 e. The molecule has 0 aliphatic carbocycles. The van der Waals surface area contributed by atoms with Crippen LogP contribution in [0.25, 0.3) is 11.2 Å². The third kappa shape index (κ3) is 4.37. The van der Waals surface area contributed by atoms with E-state index in [1.165, 1.54) is 10.9 Å². The molecule has 2 heterocycles. The Morgan fingerprint density at radius 1 is 0.966 bits per heavy atom. The number of carbonyl (C=O) groups is 1. The van der Waals surface area contributed by atoms with Crippen LogP contribution in [-0.4, -0.2) is 37.0 Å². The van der Waals surface area contributed by atoms with Gasteiger partial charge in [0.25, 0.3) is 5.56 Å².